The van der Waals surface area contributed by atoms with Gasteiger partial charge in [-0.05, 0) is 68.3 Å². The summed E-state index contributed by atoms with van der Waals surface area (Å²) in [5.41, 5.74) is 6.15. The number of rotatable bonds is 7. The quantitative estimate of drug-likeness (QED) is 0.364. The van der Waals surface area contributed by atoms with Crippen molar-refractivity contribution in [1.82, 2.24) is 5.43 Å². The number of benzene rings is 3. The smallest absolute Gasteiger partial charge is 0.264 e. The summed E-state index contributed by atoms with van der Waals surface area (Å²) in [5.74, 6) is -0.545. The summed E-state index contributed by atoms with van der Waals surface area (Å²) in [5, 5.41) is 4.14. The van der Waals surface area contributed by atoms with Gasteiger partial charge in [-0.2, -0.15) is 5.10 Å². The predicted molar refractivity (Wildman–Crippen MR) is 131 cm³/mol. The molecular formula is C24H24BrN3O3S. The molecule has 0 heterocycles. The number of halogens is 1. The fraction of sp³-hybridized carbons (Fsp3) is 0.167. The van der Waals surface area contributed by atoms with Crippen LogP contribution in [0.1, 0.15) is 23.6 Å². The summed E-state index contributed by atoms with van der Waals surface area (Å²) < 4.78 is 28.8. The highest BCUT2D eigenvalue weighted by Gasteiger charge is 2.27. The van der Waals surface area contributed by atoms with Gasteiger partial charge in [0.05, 0.1) is 16.3 Å². The van der Waals surface area contributed by atoms with E-state index in [0.29, 0.717) is 11.4 Å². The molecule has 1 N–H and O–H groups in total. The topological polar surface area (TPSA) is 78.8 Å². The molecule has 3 rings (SSSR count). The molecule has 32 heavy (non-hydrogen) atoms. The Bertz CT molecular complexity index is 1260. The average Bonchev–Trinajstić information content (AvgIpc) is 2.76. The second-order valence-electron chi connectivity index (χ2n) is 7.41. The van der Waals surface area contributed by atoms with Crippen LogP contribution in [-0.2, 0) is 14.8 Å². The highest BCUT2D eigenvalue weighted by molar-refractivity contribution is 9.10. The molecule has 0 saturated heterocycles. The lowest BCUT2D eigenvalue weighted by Crippen LogP contribution is -2.39. The normalized spacial score (nSPS) is 11.8. The summed E-state index contributed by atoms with van der Waals surface area (Å²) in [6, 6.07) is 21.1. The van der Waals surface area contributed by atoms with Gasteiger partial charge in [0.2, 0.25) is 0 Å². The summed E-state index contributed by atoms with van der Waals surface area (Å²) >= 11 is 3.41. The predicted octanol–water partition coefficient (Wildman–Crippen LogP) is 4.80. The molecule has 0 saturated carbocycles. The molecule has 0 unspecified atom stereocenters. The number of nitrogens with one attached hydrogen (secondary N) is 1. The molecule has 166 valence electrons. The standard InChI is InChI=1S/C24H24BrN3O3S/c1-17-10-12-23(13-11-17)32(30,31)28(22-9-4-6-18(2)14-22)16-24(29)27-26-19(3)20-7-5-8-21(25)15-20/h4-15H,16H2,1-3H3,(H,27,29)/b26-19-. The number of hydrogen-bond acceptors (Lipinski definition) is 4. The van der Waals surface area contributed by atoms with Crippen molar-refractivity contribution < 1.29 is 13.2 Å². The van der Waals surface area contributed by atoms with E-state index in [1.54, 1.807) is 49.4 Å². The van der Waals surface area contributed by atoms with Gasteiger partial charge >= 0.3 is 0 Å². The number of carbonyl (C=O) groups excluding carboxylic acids is 1. The highest BCUT2D eigenvalue weighted by atomic mass is 79.9. The van der Waals surface area contributed by atoms with Crippen LogP contribution in [0.3, 0.4) is 0 Å². The van der Waals surface area contributed by atoms with Crippen molar-refractivity contribution in [3.8, 4) is 0 Å². The first-order valence-corrected chi connectivity index (χ1v) is 12.2. The zero-order valence-corrected chi connectivity index (χ0v) is 20.4. The molecule has 0 bridgehead atoms. The number of nitrogens with zero attached hydrogens (tertiary/aromatic N) is 2. The van der Waals surface area contributed by atoms with Gasteiger partial charge in [-0.1, -0.05) is 57.9 Å². The van der Waals surface area contributed by atoms with E-state index < -0.39 is 22.5 Å². The maximum absolute atomic E-state index is 13.4. The Morgan fingerprint density at radius 2 is 1.66 bits per heavy atom. The number of hydrazone groups is 1. The lowest BCUT2D eigenvalue weighted by Gasteiger charge is -2.24. The summed E-state index contributed by atoms with van der Waals surface area (Å²) in [4.78, 5) is 12.8. The highest BCUT2D eigenvalue weighted by Crippen LogP contribution is 2.24. The monoisotopic (exact) mass is 513 g/mol. The van der Waals surface area contributed by atoms with Gasteiger partial charge in [0.25, 0.3) is 15.9 Å². The van der Waals surface area contributed by atoms with Crippen LogP contribution in [0.25, 0.3) is 0 Å². The van der Waals surface area contributed by atoms with E-state index in [4.69, 9.17) is 0 Å². The van der Waals surface area contributed by atoms with Gasteiger partial charge in [-0.15, -0.1) is 0 Å². The van der Waals surface area contributed by atoms with Crippen LogP contribution < -0.4 is 9.73 Å². The van der Waals surface area contributed by atoms with Crippen molar-refractivity contribution >= 4 is 43.3 Å². The van der Waals surface area contributed by atoms with Crippen molar-refractivity contribution in [2.45, 2.75) is 25.7 Å². The third-order valence-corrected chi connectivity index (χ3v) is 7.06. The van der Waals surface area contributed by atoms with Crippen LogP contribution in [0.4, 0.5) is 5.69 Å². The first kappa shape index (κ1) is 23.7. The molecule has 3 aromatic rings. The second kappa shape index (κ2) is 10.1. The van der Waals surface area contributed by atoms with E-state index in [0.717, 1.165) is 25.5 Å². The van der Waals surface area contributed by atoms with Gasteiger partial charge in [-0.25, -0.2) is 13.8 Å². The minimum Gasteiger partial charge on any atom is -0.271 e. The Labute approximate surface area is 197 Å². The van der Waals surface area contributed by atoms with E-state index in [2.05, 4.69) is 26.5 Å². The van der Waals surface area contributed by atoms with Crippen LogP contribution in [0, 0.1) is 13.8 Å². The van der Waals surface area contributed by atoms with Crippen LogP contribution >= 0.6 is 15.9 Å². The van der Waals surface area contributed by atoms with Crippen LogP contribution in [0.5, 0.6) is 0 Å². The van der Waals surface area contributed by atoms with Crippen molar-refractivity contribution in [1.29, 1.82) is 0 Å². The molecule has 3 aromatic carbocycles. The molecular weight excluding hydrogens is 490 g/mol. The van der Waals surface area contributed by atoms with Crippen LogP contribution in [0.15, 0.2) is 87.3 Å². The van der Waals surface area contributed by atoms with Crippen molar-refractivity contribution in [2.75, 3.05) is 10.8 Å². The second-order valence-corrected chi connectivity index (χ2v) is 10.2. The van der Waals surface area contributed by atoms with Crippen molar-refractivity contribution in [2.24, 2.45) is 5.10 Å². The third-order valence-electron chi connectivity index (χ3n) is 4.78. The maximum Gasteiger partial charge on any atom is 0.264 e. The molecule has 0 aromatic heterocycles. The average molecular weight is 514 g/mol. The fourth-order valence-corrected chi connectivity index (χ4v) is 4.84. The Kier molecular flexibility index (Phi) is 7.48. The Morgan fingerprint density at radius 3 is 2.31 bits per heavy atom. The first-order valence-electron chi connectivity index (χ1n) is 9.92. The van der Waals surface area contributed by atoms with Gasteiger partial charge in [0.15, 0.2) is 0 Å². The SMILES string of the molecule is C/C(=N/NC(=O)CN(c1cccc(C)c1)S(=O)(=O)c1ccc(C)cc1)c1cccc(Br)c1. The summed E-state index contributed by atoms with van der Waals surface area (Å²) in [7, 11) is -3.96. The third kappa shape index (κ3) is 5.83. The van der Waals surface area contributed by atoms with Gasteiger partial charge in [-0.3, -0.25) is 9.10 Å². The Balaban J connectivity index is 1.88. The van der Waals surface area contributed by atoms with Crippen LogP contribution in [-0.4, -0.2) is 26.6 Å². The molecule has 0 aliphatic heterocycles. The van der Waals surface area contributed by atoms with E-state index in [-0.39, 0.29) is 4.90 Å². The van der Waals surface area contributed by atoms with E-state index in [1.165, 1.54) is 0 Å². The zero-order chi connectivity index (χ0) is 23.3. The van der Waals surface area contributed by atoms with E-state index >= 15 is 0 Å². The lowest BCUT2D eigenvalue weighted by molar-refractivity contribution is -0.119. The van der Waals surface area contributed by atoms with Gasteiger partial charge < -0.3 is 0 Å². The minimum absolute atomic E-state index is 0.117. The van der Waals surface area contributed by atoms with Gasteiger partial charge in [0.1, 0.15) is 6.54 Å². The molecule has 1 amide bonds. The van der Waals surface area contributed by atoms with Crippen molar-refractivity contribution in [3.05, 3.63) is 94.0 Å². The molecule has 0 spiro atoms. The van der Waals surface area contributed by atoms with E-state index in [1.807, 2.05) is 44.2 Å². The largest absolute Gasteiger partial charge is 0.271 e. The molecule has 0 aliphatic carbocycles. The Hall–Kier alpha value is -2.97. The van der Waals surface area contributed by atoms with Crippen molar-refractivity contribution in [3.63, 3.8) is 0 Å². The first-order chi connectivity index (χ1) is 15.2. The number of hydrogen-bond donors (Lipinski definition) is 1. The van der Waals surface area contributed by atoms with E-state index in [9.17, 15) is 13.2 Å². The number of anilines is 1. The van der Waals surface area contributed by atoms with Gasteiger partial charge in [0, 0.05) is 4.47 Å². The fourth-order valence-electron chi connectivity index (χ4n) is 3.03. The number of amides is 1. The minimum atomic E-state index is -3.96. The molecule has 8 heteroatoms. The zero-order valence-electron chi connectivity index (χ0n) is 18.0. The molecule has 0 radical (unpaired) electrons. The summed E-state index contributed by atoms with van der Waals surface area (Å²) in [6.45, 7) is 5.11. The number of aryl methyl sites for hydroxylation is 2. The molecule has 0 atom stereocenters. The Morgan fingerprint density at radius 1 is 0.969 bits per heavy atom. The summed E-state index contributed by atoms with van der Waals surface area (Å²) in [6.07, 6.45) is 0. The molecule has 0 aliphatic rings. The molecule has 0 fully saturated rings. The number of sulfonamides is 1. The maximum atomic E-state index is 13.4. The molecule has 6 nitrogen and oxygen atoms in total. The lowest BCUT2D eigenvalue weighted by atomic mass is 10.1. The number of carbonyl (C=O) groups is 1. The van der Waals surface area contributed by atoms with Crippen LogP contribution in [0.2, 0.25) is 0 Å².